The van der Waals surface area contributed by atoms with E-state index in [0.717, 1.165) is 5.56 Å². The zero-order valence-corrected chi connectivity index (χ0v) is 12.8. The highest BCUT2D eigenvalue weighted by atomic mass is 19.4. The summed E-state index contributed by atoms with van der Waals surface area (Å²) in [6.45, 7) is 0. The molecule has 0 radical (unpaired) electrons. The molecule has 1 fully saturated rings. The van der Waals surface area contributed by atoms with Gasteiger partial charge < -0.3 is 15.2 Å². The van der Waals surface area contributed by atoms with Crippen molar-refractivity contribution in [3.05, 3.63) is 29.8 Å². The van der Waals surface area contributed by atoms with Crippen molar-refractivity contribution in [2.75, 3.05) is 0 Å². The van der Waals surface area contributed by atoms with Crippen LogP contribution in [0.1, 0.15) is 31.2 Å². The summed E-state index contributed by atoms with van der Waals surface area (Å²) in [5, 5.41) is 11.7. The molecule has 1 aromatic carbocycles. The van der Waals surface area contributed by atoms with E-state index in [2.05, 4.69) is 10.1 Å². The van der Waals surface area contributed by atoms with Crippen LogP contribution in [-0.4, -0.2) is 29.4 Å². The number of nitrogens with one attached hydrogen (secondary N) is 1. The smallest absolute Gasteiger partial charge is 0.481 e. The van der Waals surface area contributed by atoms with Gasteiger partial charge in [-0.15, -0.1) is 13.2 Å². The molecule has 1 aromatic rings. The predicted molar refractivity (Wildman–Crippen MR) is 78.4 cm³/mol. The van der Waals surface area contributed by atoms with E-state index >= 15 is 0 Å². The standard InChI is InChI=1S/C16H18F3NO4/c17-16(18,19)24-13-6-1-10(2-7-13)3-8-14(21)20-12-5-4-11(9-12)15(22)23/h1-2,6-7,11-12H,3-5,8-9H2,(H,20,21)(H,22,23)/t11-,12+/m0/s1. The van der Waals surface area contributed by atoms with Gasteiger partial charge >= 0.3 is 12.3 Å². The zero-order chi connectivity index (χ0) is 17.7. The number of amides is 1. The number of ether oxygens (including phenoxy) is 1. The van der Waals surface area contributed by atoms with E-state index in [1.54, 1.807) is 0 Å². The van der Waals surface area contributed by atoms with Crippen molar-refractivity contribution >= 4 is 11.9 Å². The SMILES string of the molecule is O=C(CCc1ccc(OC(F)(F)F)cc1)N[C@@H]1CC[C@H](C(=O)O)C1. The quantitative estimate of drug-likeness (QED) is 0.831. The molecule has 1 saturated carbocycles. The lowest BCUT2D eigenvalue weighted by Crippen LogP contribution is -2.33. The Bertz CT molecular complexity index is 586. The maximum Gasteiger partial charge on any atom is 0.573 e. The van der Waals surface area contributed by atoms with Crippen LogP contribution >= 0.6 is 0 Å². The Hall–Kier alpha value is -2.25. The number of carboxylic acid groups (broad SMARTS) is 1. The van der Waals surface area contributed by atoms with Gasteiger partial charge in [0.15, 0.2) is 0 Å². The van der Waals surface area contributed by atoms with E-state index in [1.807, 2.05) is 0 Å². The second kappa shape index (κ2) is 7.55. The van der Waals surface area contributed by atoms with Crippen LogP contribution < -0.4 is 10.1 Å². The molecule has 0 saturated heterocycles. The molecule has 5 nitrogen and oxygen atoms in total. The van der Waals surface area contributed by atoms with E-state index in [9.17, 15) is 22.8 Å². The predicted octanol–water partition coefficient (Wildman–Crippen LogP) is 2.89. The van der Waals surface area contributed by atoms with Gasteiger partial charge in [0.1, 0.15) is 5.75 Å². The highest BCUT2D eigenvalue weighted by Gasteiger charge is 2.31. The lowest BCUT2D eigenvalue weighted by Gasteiger charge is -2.12. The molecular weight excluding hydrogens is 327 g/mol. The van der Waals surface area contributed by atoms with Crippen LogP contribution in [0, 0.1) is 5.92 Å². The number of hydrogen-bond donors (Lipinski definition) is 2. The fourth-order valence-electron chi connectivity index (χ4n) is 2.75. The van der Waals surface area contributed by atoms with Gasteiger partial charge in [0.25, 0.3) is 0 Å². The fraction of sp³-hybridized carbons (Fsp3) is 0.500. The molecule has 2 atom stereocenters. The number of aliphatic carboxylic acids is 1. The number of benzene rings is 1. The third-order valence-corrected chi connectivity index (χ3v) is 3.94. The summed E-state index contributed by atoms with van der Waals surface area (Å²) in [6.07, 6.45) is -2.52. The van der Waals surface area contributed by atoms with Gasteiger partial charge in [-0.05, 0) is 43.4 Å². The lowest BCUT2D eigenvalue weighted by atomic mass is 10.1. The fourth-order valence-corrected chi connectivity index (χ4v) is 2.75. The highest BCUT2D eigenvalue weighted by Crippen LogP contribution is 2.26. The van der Waals surface area contributed by atoms with Crippen molar-refractivity contribution in [2.45, 2.75) is 44.5 Å². The molecule has 132 valence electrons. The van der Waals surface area contributed by atoms with Crippen molar-refractivity contribution in [1.29, 1.82) is 0 Å². The Labute approximate surface area is 136 Å². The summed E-state index contributed by atoms with van der Waals surface area (Å²) in [5.41, 5.74) is 0.717. The van der Waals surface area contributed by atoms with Gasteiger partial charge in [0, 0.05) is 12.5 Å². The number of halogens is 3. The molecule has 24 heavy (non-hydrogen) atoms. The Morgan fingerprint density at radius 3 is 2.42 bits per heavy atom. The Balaban J connectivity index is 1.75. The average Bonchev–Trinajstić information content (AvgIpc) is 2.93. The van der Waals surface area contributed by atoms with Crippen LogP contribution in [0.5, 0.6) is 5.75 Å². The number of aryl methyl sites for hydroxylation is 1. The minimum absolute atomic E-state index is 0.124. The molecular formula is C16H18F3NO4. The maximum atomic E-state index is 12.1. The largest absolute Gasteiger partial charge is 0.573 e. The minimum Gasteiger partial charge on any atom is -0.481 e. The molecule has 1 aliphatic carbocycles. The van der Waals surface area contributed by atoms with E-state index in [4.69, 9.17) is 5.11 Å². The molecule has 1 amide bonds. The van der Waals surface area contributed by atoms with E-state index in [-0.39, 0.29) is 24.1 Å². The number of alkyl halides is 3. The molecule has 0 spiro atoms. The number of carbonyl (C=O) groups is 2. The summed E-state index contributed by atoms with van der Waals surface area (Å²) >= 11 is 0. The highest BCUT2D eigenvalue weighted by molar-refractivity contribution is 5.77. The van der Waals surface area contributed by atoms with Gasteiger partial charge in [-0.3, -0.25) is 9.59 Å². The molecule has 0 bridgehead atoms. The molecule has 0 aromatic heterocycles. The second-order valence-electron chi connectivity index (χ2n) is 5.80. The third kappa shape index (κ3) is 5.75. The molecule has 2 N–H and O–H groups in total. The summed E-state index contributed by atoms with van der Waals surface area (Å²) in [4.78, 5) is 22.7. The van der Waals surface area contributed by atoms with Crippen molar-refractivity contribution in [1.82, 2.24) is 5.32 Å². The van der Waals surface area contributed by atoms with Crippen LogP contribution in [-0.2, 0) is 16.0 Å². The topological polar surface area (TPSA) is 75.6 Å². The first-order valence-electron chi connectivity index (χ1n) is 7.60. The molecule has 8 heteroatoms. The van der Waals surface area contributed by atoms with Crippen molar-refractivity contribution < 1.29 is 32.6 Å². The number of rotatable bonds is 6. The Morgan fingerprint density at radius 1 is 1.21 bits per heavy atom. The van der Waals surface area contributed by atoms with E-state index < -0.39 is 18.2 Å². The molecule has 0 aliphatic heterocycles. The summed E-state index contributed by atoms with van der Waals surface area (Å²) in [6, 6.07) is 5.24. The summed E-state index contributed by atoms with van der Waals surface area (Å²) in [5.74, 6) is -1.74. The van der Waals surface area contributed by atoms with Crippen molar-refractivity contribution in [3.8, 4) is 5.75 Å². The van der Waals surface area contributed by atoms with Gasteiger partial charge in [0.05, 0.1) is 5.92 Å². The van der Waals surface area contributed by atoms with E-state index in [1.165, 1.54) is 24.3 Å². The minimum atomic E-state index is -4.73. The van der Waals surface area contributed by atoms with Gasteiger partial charge in [-0.25, -0.2) is 0 Å². The third-order valence-electron chi connectivity index (χ3n) is 3.94. The zero-order valence-electron chi connectivity index (χ0n) is 12.8. The van der Waals surface area contributed by atoms with Crippen LogP contribution in [0.4, 0.5) is 13.2 Å². The van der Waals surface area contributed by atoms with Crippen LogP contribution in [0.2, 0.25) is 0 Å². The Morgan fingerprint density at radius 2 is 1.88 bits per heavy atom. The molecule has 0 heterocycles. The first-order valence-corrected chi connectivity index (χ1v) is 7.60. The van der Waals surface area contributed by atoms with Gasteiger partial charge in [-0.1, -0.05) is 12.1 Å². The normalized spacial score (nSPS) is 20.6. The first kappa shape index (κ1) is 18.1. The summed E-state index contributed by atoms with van der Waals surface area (Å²) in [7, 11) is 0. The van der Waals surface area contributed by atoms with E-state index in [0.29, 0.717) is 25.7 Å². The monoisotopic (exact) mass is 345 g/mol. The van der Waals surface area contributed by atoms with Gasteiger partial charge in [-0.2, -0.15) is 0 Å². The van der Waals surface area contributed by atoms with Gasteiger partial charge in [0.2, 0.25) is 5.91 Å². The lowest BCUT2D eigenvalue weighted by molar-refractivity contribution is -0.274. The Kier molecular flexibility index (Phi) is 5.69. The molecule has 2 rings (SSSR count). The second-order valence-corrected chi connectivity index (χ2v) is 5.80. The average molecular weight is 345 g/mol. The number of hydrogen-bond acceptors (Lipinski definition) is 3. The van der Waals surface area contributed by atoms with Crippen molar-refractivity contribution in [2.24, 2.45) is 5.92 Å². The molecule has 1 aliphatic rings. The van der Waals surface area contributed by atoms with Crippen LogP contribution in [0.25, 0.3) is 0 Å². The van der Waals surface area contributed by atoms with Crippen LogP contribution in [0.15, 0.2) is 24.3 Å². The first-order chi connectivity index (χ1) is 11.2. The number of carboxylic acids is 1. The van der Waals surface area contributed by atoms with Crippen LogP contribution in [0.3, 0.4) is 0 Å². The number of carbonyl (C=O) groups excluding carboxylic acids is 1. The summed E-state index contributed by atoms with van der Waals surface area (Å²) < 4.78 is 39.9. The molecule has 0 unspecified atom stereocenters. The maximum absolute atomic E-state index is 12.1. The van der Waals surface area contributed by atoms with Crippen molar-refractivity contribution in [3.63, 3.8) is 0 Å².